The summed E-state index contributed by atoms with van der Waals surface area (Å²) in [4.78, 5) is 5.02. The second-order valence-corrected chi connectivity index (χ2v) is 14.1. The molecule has 0 bridgehead atoms. The Labute approximate surface area is 265 Å². The number of fused-ring (bicyclic) bond motifs is 6. The molecule has 2 nitrogen and oxygen atoms in total. The summed E-state index contributed by atoms with van der Waals surface area (Å²) in [5, 5.41) is 5.38. The van der Waals surface area contributed by atoms with E-state index in [-0.39, 0.29) is 10.8 Å². The molecule has 44 heavy (non-hydrogen) atoms. The van der Waals surface area contributed by atoms with Crippen molar-refractivity contribution in [2.24, 2.45) is 5.92 Å². The van der Waals surface area contributed by atoms with E-state index < -0.39 is 0 Å². The number of anilines is 2. The fraction of sp³-hybridized carbons (Fsp3) is 0.333. The molecule has 1 unspecified atom stereocenters. The molecule has 6 rings (SSSR count). The van der Waals surface area contributed by atoms with Crippen molar-refractivity contribution in [2.75, 3.05) is 23.4 Å². The summed E-state index contributed by atoms with van der Waals surface area (Å²) in [5.41, 5.74) is 6.88. The van der Waals surface area contributed by atoms with Crippen LogP contribution in [0.1, 0.15) is 65.5 Å². The van der Waals surface area contributed by atoms with Crippen LogP contribution in [-0.4, -0.2) is 19.6 Å². The van der Waals surface area contributed by atoms with Gasteiger partial charge in [-0.15, -0.1) is 0 Å². The number of hydrogen-bond donors (Lipinski definition) is 0. The van der Waals surface area contributed by atoms with Gasteiger partial charge in [-0.2, -0.15) is 0 Å². The number of nitrogens with zero attached hydrogens (tertiary/aromatic N) is 2. The predicted molar refractivity (Wildman–Crippen MR) is 193 cm³/mol. The van der Waals surface area contributed by atoms with Gasteiger partial charge in [0.25, 0.3) is 0 Å². The Morgan fingerprint density at radius 2 is 1.30 bits per heavy atom. The number of likely N-dealkylation sites (N-methyl/N-ethyl adjacent to an activating group) is 1. The van der Waals surface area contributed by atoms with Crippen molar-refractivity contribution in [1.29, 1.82) is 0 Å². The van der Waals surface area contributed by atoms with E-state index in [0.29, 0.717) is 6.04 Å². The zero-order valence-electron chi connectivity index (χ0n) is 27.6. The molecule has 0 aliphatic carbocycles. The highest BCUT2D eigenvalue weighted by molar-refractivity contribution is 5.95. The fourth-order valence-corrected chi connectivity index (χ4v) is 7.84. The lowest BCUT2D eigenvalue weighted by Gasteiger charge is -2.32. The van der Waals surface area contributed by atoms with E-state index in [1.807, 2.05) is 0 Å². The molecular weight excluding hydrogens is 532 g/mol. The first-order chi connectivity index (χ1) is 21.1. The zero-order chi connectivity index (χ0) is 31.1. The van der Waals surface area contributed by atoms with Crippen molar-refractivity contribution in [3.63, 3.8) is 0 Å². The van der Waals surface area contributed by atoms with Crippen LogP contribution in [0.3, 0.4) is 0 Å². The van der Waals surface area contributed by atoms with Crippen molar-refractivity contribution in [2.45, 2.75) is 71.3 Å². The van der Waals surface area contributed by atoms with Gasteiger partial charge in [-0.1, -0.05) is 139 Å². The molecule has 2 aliphatic rings. The van der Waals surface area contributed by atoms with Crippen molar-refractivity contribution >= 4 is 32.9 Å². The molecule has 4 aromatic rings. The normalized spacial score (nSPS) is 20.0. The highest BCUT2D eigenvalue weighted by Gasteiger charge is 2.44. The smallest absolute Gasteiger partial charge is 0.0568 e. The van der Waals surface area contributed by atoms with Gasteiger partial charge < -0.3 is 9.80 Å². The second-order valence-electron chi connectivity index (χ2n) is 14.1. The minimum absolute atomic E-state index is 0.0104. The van der Waals surface area contributed by atoms with E-state index in [1.54, 1.807) is 0 Å². The molecule has 0 spiro atoms. The van der Waals surface area contributed by atoms with Gasteiger partial charge in [0.15, 0.2) is 0 Å². The third-order valence-electron chi connectivity index (χ3n) is 10.0. The molecule has 226 valence electrons. The Morgan fingerprint density at radius 1 is 0.705 bits per heavy atom. The zero-order valence-corrected chi connectivity index (χ0v) is 27.6. The summed E-state index contributed by atoms with van der Waals surface area (Å²) in [6.45, 7) is 15.3. The first-order valence-corrected chi connectivity index (χ1v) is 16.4. The van der Waals surface area contributed by atoms with Gasteiger partial charge in [-0.05, 0) is 69.6 Å². The predicted octanol–water partition coefficient (Wildman–Crippen LogP) is 10.9. The van der Waals surface area contributed by atoms with Crippen LogP contribution in [0.15, 0.2) is 121 Å². The van der Waals surface area contributed by atoms with Gasteiger partial charge in [0.05, 0.1) is 6.04 Å². The van der Waals surface area contributed by atoms with Gasteiger partial charge in [0, 0.05) is 41.5 Å². The Hall–Kier alpha value is -4.04. The quantitative estimate of drug-likeness (QED) is 0.191. The van der Waals surface area contributed by atoms with E-state index in [4.69, 9.17) is 0 Å². The second kappa shape index (κ2) is 11.8. The minimum Gasteiger partial charge on any atom is -0.364 e. The first-order valence-electron chi connectivity index (χ1n) is 16.4. The molecule has 2 aliphatic heterocycles. The molecule has 0 saturated carbocycles. The molecule has 0 fully saturated rings. The van der Waals surface area contributed by atoms with E-state index in [0.717, 1.165) is 12.5 Å². The Bertz CT molecular complexity index is 1800. The molecular formula is C42H48N2. The van der Waals surface area contributed by atoms with E-state index >= 15 is 0 Å². The van der Waals surface area contributed by atoms with Crippen LogP contribution in [0.5, 0.6) is 0 Å². The summed E-state index contributed by atoms with van der Waals surface area (Å²) in [7, 11) is 2.19. The van der Waals surface area contributed by atoms with Crippen molar-refractivity contribution < 1.29 is 0 Å². The first kappa shape index (κ1) is 30.0. The summed E-state index contributed by atoms with van der Waals surface area (Å²) in [6, 6.07) is 27.1. The average Bonchev–Trinajstić information content (AvgIpc) is 3.34. The van der Waals surface area contributed by atoms with Crippen LogP contribution in [0.4, 0.5) is 11.4 Å². The van der Waals surface area contributed by atoms with Crippen molar-refractivity contribution in [3.8, 4) is 0 Å². The van der Waals surface area contributed by atoms with Crippen molar-refractivity contribution in [3.05, 3.63) is 132 Å². The number of allylic oxidation sites excluding steroid dienone is 7. The lowest BCUT2D eigenvalue weighted by Crippen LogP contribution is -2.40. The molecule has 4 aromatic carbocycles. The summed E-state index contributed by atoms with van der Waals surface area (Å²) >= 11 is 0. The lowest BCUT2D eigenvalue weighted by molar-refractivity contribution is 0.464. The SMILES string of the molecule is CC(C)CCCN1c2ccc3ccccc3c2C(C)(C)C1/C=C/C=C/C=C/C=C1/N(C)c2ccc3ccccc3c2C1(C)C. The standard InChI is InChI=1S/C42H48N2/c1-30(2)18-17-29-44-36-28-26-32-20-14-16-22-34(32)40(36)42(5,6)38(44)24-12-10-8-9-11-23-37-41(3,4)39-33-21-15-13-19-31(33)25-27-35(39)43(37)7/h8-16,19-28,30,38H,17-18,29H2,1-7H3/b10-8+,11-9+,24-12+,37-23+. The summed E-state index contributed by atoms with van der Waals surface area (Å²) < 4.78 is 0. The molecule has 0 N–H and O–H groups in total. The minimum atomic E-state index is -0.0643. The van der Waals surface area contributed by atoms with Gasteiger partial charge in [0.1, 0.15) is 0 Å². The number of benzene rings is 4. The summed E-state index contributed by atoms with van der Waals surface area (Å²) in [5.74, 6) is 0.725. The van der Waals surface area contributed by atoms with Crippen LogP contribution in [-0.2, 0) is 10.8 Å². The van der Waals surface area contributed by atoms with Crippen molar-refractivity contribution in [1.82, 2.24) is 0 Å². The molecule has 0 saturated heterocycles. The lowest BCUT2D eigenvalue weighted by atomic mass is 9.78. The van der Waals surface area contributed by atoms with Gasteiger partial charge in [0.2, 0.25) is 0 Å². The van der Waals surface area contributed by atoms with E-state index in [9.17, 15) is 0 Å². The van der Waals surface area contributed by atoms with Crippen LogP contribution in [0.2, 0.25) is 0 Å². The topological polar surface area (TPSA) is 6.48 Å². The molecule has 2 heterocycles. The third kappa shape index (κ3) is 5.19. The third-order valence-corrected chi connectivity index (χ3v) is 10.0. The van der Waals surface area contributed by atoms with Crippen LogP contribution in [0.25, 0.3) is 21.5 Å². The van der Waals surface area contributed by atoms with Gasteiger partial charge in [-0.3, -0.25) is 0 Å². The van der Waals surface area contributed by atoms with Crippen LogP contribution >= 0.6 is 0 Å². The van der Waals surface area contributed by atoms with Crippen LogP contribution < -0.4 is 9.80 Å². The average molecular weight is 581 g/mol. The maximum absolute atomic E-state index is 2.66. The Balaban J connectivity index is 1.22. The van der Waals surface area contributed by atoms with Gasteiger partial charge in [-0.25, -0.2) is 0 Å². The fourth-order valence-electron chi connectivity index (χ4n) is 7.84. The molecule has 0 radical (unpaired) electrons. The Morgan fingerprint density at radius 3 is 1.98 bits per heavy atom. The maximum atomic E-state index is 2.66. The van der Waals surface area contributed by atoms with E-state index in [1.165, 1.54) is 62.6 Å². The molecule has 1 atom stereocenters. The molecule has 0 amide bonds. The monoisotopic (exact) mass is 580 g/mol. The largest absolute Gasteiger partial charge is 0.364 e. The number of hydrogen-bond acceptors (Lipinski definition) is 2. The highest BCUT2D eigenvalue weighted by atomic mass is 15.2. The van der Waals surface area contributed by atoms with Gasteiger partial charge >= 0.3 is 0 Å². The van der Waals surface area contributed by atoms with Crippen LogP contribution in [0, 0.1) is 5.92 Å². The number of rotatable bonds is 8. The Kier molecular flexibility index (Phi) is 8.05. The maximum Gasteiger partial charge on any atom is 0.0568 e. The highest BCUT2D eigenvalue weighted by Crippen LogP contribution is 2.50. The molecule has 2 heteroatoms. The van der Waals surface area contributed by atoms with E-state index in [2.05, 4.69) is 174 Å². The summed E-state index contributed by atoms with van der Waals surface area (Å²) in [6.07, 6.45) is 18.1. The molecule has 0 aromatic heterocycles.